The molecule has 0 radical (unpaired) electrons. The second-order valence-electron chi connectivity index (χ2n) is 15.0. The molecule has 0 aromatic heterocycles. The minimum absolute atomic E-state index is 0.0185. The number of hydrogen-bond acceptors (Lipinski definition) is 9. The first-order valence-electron chi connectivity index (χ1n) is 17.5. The van der Waals surface area contributed by atoms with Crippen LogP contribution in [0.15, 0.2) is 24.3 Å². The summed E-state index contributed by atoms with van der Waals surface area (Å²) in [6.07, 6.45) is 12.2. The molecule has 0 amide bonds. The Morgan fingerprint density at radius 3 is 2.30 bits per heavy atom. The van der Waals surface area contributed by atoms with E-state index < -0.39 is 5.60 Å². The Kier molecular flexibility index (Phi) is 14.0. The van der Waals surface area contributed by atoms with Gasteiger partial charge in [-0.15, -0.1) is 0 Å². The lowest BCUT2D eigenvalue weighted by molar-refractivity contribution is -0.211. The van der Waals surface area contributed by atoms with E-state index in [0.29, 0.717) is 31.5 Å². The van der Waals surface area contributed by atoms with E-state index in [1.807, 2.05) is 0 Å². The van der Waals surface area contributed by atoms with Crippen LogP contribution in [0.4, 0.5) is 0 Å². The number of ether oxygens (including phenoxy) is 5. The molecule has 12 unspecified atom stereocenters. The van der Waals surface area contributed by atoms with Gasteiger partial charge in [-0.05, 0) is 101 Å². The Labute approximate surface area is 283 Å². The predicted molar refractivity (Wildman–Crippen MR) is 181 cm³/mol. The third kappa shape index (κ3) is 7.95. The smallest absolute Gasteiger partial charge is 0.331 e. The normalized spacial score (nSPS) is 39.1. The number of aldehydes is 1. The van der Waals surface area contributed by atoms with Crippen molar-refractivity contribution < 1.29 is 43.2 Å². The second-order valence-corrected chi connectivity index (χ2v) is 15.0. The van der Waals surface area contributed by atoms with Crippen LogP contribution in [0.5, 0.6) is 0 Å². The number of allylic oxidation sites excluding steroid dienone is 1. The van der Waals surface area contributed by atoms with Gasteiger partial charge in [0.25, 0.3) is 0 Å². The van der Waals surface area contributed by atoms with Crippen LogP contribution < -0.4 is 0 Å². The average molecular weight is 663 g/mol. The van der Waals surface area contributed by atoms with Crippen molar-refractivity contribution >= 4 is 18.0 Å². The Morgan fingerprint density at radius 2 is 1.77 bits per heavy atom. The monoisotopic (exact) mass is 662 g/mol. The molecular weight excluding hydrogens is 600 g/mol. The van der Waals surface area contributed by atoms with E-state index in [2.05, 4.69) is 34.3 Å². The van der Waals surface area contributed by atoms with Gasteiger partial charge in [0, 0.05) is 51.1 Å². The highest BCUT2D eigenvalue weighted by Gasteiger charge is 2.70. The predicted octanol–water partition coefficient (Wildman–Crippen LogP) is 5.91. The Hall–Kier alpha value is -1.91. The molecule has 0 spiro atoms. The van der Waals surface area contributed by atoms with Gasteiger partial charge >= 0.3 is 5.97 Å². The van der Waals surface area contributed by atoms with Crippen LogP contribution in [0.25, 0.3) is 0 Å². The summed E-state index contributed by atoms with van der Waals surface area (Å²) >= 11 is 0. The molecule has 5 rings (SSSR count). The van der Waals surface area contributed by atoms with Gasteiger partial charge in [0.1, 0.15) is 12.9 Å². The van der Waals surface area contributed by atoms with Crippen LogP contribution in [-0.4, -0.2) is 87.7 Å². The van der Waals surface area contributed by atoms with Gasteiger partial charge in [0.05, 0.1) is 36.6 Å². The third-order valence-electron chi connectivity index (χ3n) is 13.0. The van der Waals surface area contributed by atoms with Gasteiger partial charge in [-0.1, -0.05) is 27.4 Å². The van der Waals surface area contributed by atoms with Crippen molar-refractivity contribution in [1.82, 2.24) is 0 Å². The number of ketones is 1. The minimum Gasteiger partial charge on any atom is -0.458 e. The molecule has 0 bridgehead atoms. The first-order valence-corrected chi connectivity index (χ1v) is 17.5. The van der Waals surface area contributed by atoms with Crippen LogP contribution in [0.1, 0.15) is 92.9 Å². The number of esters is 1. The fraction of sp³-hybridized carbons (Fsp3) is 0.816. The van der Waals surface area contributed by atoms with Crippen LogP contribution in [-0.2, 0) is 38.1 Å². The molecule has 0 saturated heterocycles. The number of carbonyl (C=O) groups is 3. The van der Waals surface area contributed by atoms with Gasteiger partial charge in [0.15, 0.2) is 5.78 Å². The summed E-state index contributed by atoms with van der Waals surface area (Å²) in [5.74, 6) is 1.40. The highest BCUT2D eigenvalue weighted by atomic mass is 16.5. The first-order chi connectivity index (χ1) is 22.2. The summed E-state index contributed by atoms with van der Waals surface area (Å²) in [5, 5.41) is 12.6. The van der Waals surface area contributed by atoms with E-state index in [0.717, 1.165) is 56.8 Å². The fourth-order valence-electron chi connectivity index (χ4n) is 9.97. The standard InChI is InChI=1S/C32H52O7.C4H6O.C2H4O/c1-19(20(2)35-5)27(37-7)18-38-23-10-12-30(3)22(15-23)8-9-25-24(30)11-13-31(4)29(21-14-28(33)39-17-21)26(36-6)16-32(25,31)34;1-3-4(2)5;1-2-3/h14,19-20,22-27,29,34H,8-13,15-18H2,1-7H3;3H,1H2,2H3;2H,1H3. The van der Waals surface area contributed by atoms with Gasteiger partial charge in [0.2, 0.25) is 0 Å². The SMILES string of the molecule is C=CC(C)=O.CC=O.COC(C)C(C)C(COC1CCC2(C)C(CCC3C2CCC2(C)C(C4=CC(=O)OC4)C(OC)CC32O)C1)OC. The second kappa shape index (κ2) is 16.7. The molecule has 268 valence electrons. The molecule has 12 atom stereocenters. The van der Waals surface area contributed by atoms with E-state index in [1.54, 1.807) is 27.4 Å². The molecule has 9 heteroatoms. The molecule has 0 aromatic rings. The van der Waals surface area contributed by atoms with Crippen molar-refractivity contribution in [3.05, 3.63) is 24.3 Å². The first kappa shape index (κ1) is 39.5. The number of methoxy groups -OCH3 is 3. The molecule has 4 aliphatic carbocycles. The number of cyclic esters (lactones) is 1. The maximum absolute atomic E-state index is 12.6. The van der Waals surface area contributed by atoms with Crippen LogP contribution in [0.3, 0.4) is 0 Å². The molecule has 4 fully saturated rings. The lowest BCUT2D eigenvalue weighted by Crippen LogP contribution is -2.62. The zero-order valence-electron chi connectivity index (χ0n) is 30.4. The summed E-state index contributed by atoms with van der Waals surface area (Å²) in [7, 11) is 5.27. The molecule has 47 heavy (non-hydrogen) atoms. The van der Waals surface area contributed by atoms with Gasteiger partial charge in [-0.3, -0.25) is 4.79 Å². The van der Waals surface area contributed by atoms with Crippen molar-refractivity contribution in [1.29, 1.82) is 0 Å². The highest BCUT2D eigenvalue weighted by Crippen LogP contribution is 2.70. The van der Waals surface area contributed by atoms with E-state index in [1.165, 1.54) is 19.9 Å². The number of fused-ring (bicyclic) bond motifs is 5. The lowest BCUT2D eigenvalue weighted by atomic mass is 9.43. The fourth-order valence-corrected chi connectivity index (χ4v) is 9.97. The Morgan fingerprint density at radius 1 is 1.11 bits per heavy atom. The summed E-state index contributed by atoms with van der Waals surface area (Å²) < 4.78 is 29.1. The molecule has 9 nitrogen and oxygen atoms in total. The minimum atomic E-state index is -0.797. The van der Waals surface area contributed by atoms with Gasteiger partial charge in [-0.25, -0.2) is 4.79 Å². The molecule has 1 N–H and O–H groups in total. The summed E-state index contributed by atoms with van der Waals surface area (Å²) in [6.45, 7) is 16.1. The topological polar surface area (TPSA) is 118 Å². The van der Waals surface area contributed by atoms with E-state index >= 15 is 0 Å². The Bertz CT molecular complexity index is 1120. The largest absolute Gasteiger partial charge is 0.458 e. The lowest BCUT2D eigenvalue weighted by Gasteiger charge is -2.63. The molecule has 5 aliphatic rings. The summed E-state index contributed by atoms with van der Waals surface area (Å²) in [4.78, 5) is 30.5. The molecular formula is C38H62O9. The number of aliphatic hydroxyl groups is 1. The number of rotatable bonds is 10. The molecule has 0 aromatic carbocycles. The van der Waals surface area contributed by atoms with Crippen molar-refractivity contribution in [2.75, 3.05) is 34.5 Å². The zero-order chi connectivity index (χ0) is 35.2. The third-order valence-corrected chi connectivity index (χ3v) is 13.0. The average Bonchev–Trinajstić information content (AvgIpc) is 3.58. The maximum Gasteiger partial charge on any atom is 0.331 e. The van der Waals surface area contributed by atoms with Gasteiger partial charge < -0.3 is 33.6 Å². The van der Waals surface area contributed by atoms with Crippen molar-refractivity contribution in [3.8, 4) is 0 Å². The number of hydrogen-bond donors (Lipinski definition) is 1. The van der Waals surface area contributed by atoms with E-state index in [-0.39, 0.29) is 64.8 Å². The molecule has 4 saturated carbocycles. The summed E-state index contributed by atoms with van der Waals surface area (Å²) in [6, 6.07) is 0. The van der Waals surface area contributed by atoms with Crippen molar-refractivity contribution in [2.24, 2.45) is 40.4 Å². The van der Waals surface area contributed by atoms with Crippen molar-refractivity contribution in [3.63, 3.8) is 0 Å². The van der Waals surface area contributed by atoms with Gasteiger partial charge in [-0.2, -0.15) is 0 Å². The van der Waals surface area contributed by atoms with E-state index in [4.69, 9.17) is 28.5 Å². The van der Waals surface area contributed by atoms with Crippen LogP contribution >= 0.6 is 0 Å². The highest BCUT2D eigenvalue weighted by molar-refractivity contribution is 5.86. The Balaban J connectivity index is 0.000000676. The maximum atomic E-state index is 12.6. The molecule has 1 heterocycles. The van der Waals surface area contributed by atoms with Crippen LogP contribution in [0, 0.1) is 40.4 Å². The van der Waals surface area contributed by atoms with E-state index in [9.17, 15) is 14.7 Å². The number of carbonyl (C=O) groups excluding carboxylic acids is 3. The van der Waals surface area contributed by atoms with Crippen LogP contribution in [0.2, 0.25) is 0 Å². The quantitative estimate of drug-likeness (QED) is 0.173. The molecule has 1 aliphatic heterocycles. The zero-order valence-corrected chi connectivity index (χ0v) is 30.4. The summed E-state index contributed by atoms with van der Waals surface area (Å²) in [5.41, 5.74) is 0.105. The van der Waals surface area contributed by atoms with Crippen molar-refractivity contribution in [2.45, 2.75) is 123 Å².